The molecule has 2 rings (SSSR count). The summed E-state index contributed by atoms with van der Waals surface area (Å²) < 4.78 is 38.5. The van der Waals surface area contributed by atoms with E-state index in [9.17, 15) is 8.42 Å². The Morgan fingerprint density at radius 3 is 2.21 bits per heavy atom. The summed E-state index contributed by atoms with van der Waals surface area (Å²) in [6, 6.07) is 10.2. The van der Waals surface area contributed by atoms with Gasteiger partial charge in [-0.25, -0.2) is 13.1 Å². The standard InChI is InChI=1S/C18H23NO4S/c1-12-6-9-18(13(2)10-12)24(20,21)19-14(3)15-7-8-16(22-4)17(11-15)23-5/h6-11,14,19H,1-5H3. The first-order valence-electron chi connectivity index (χ1n) is 7.60. The minimum absolute atomic E-state index is 0.292. The lowest BCUT2D eigenvalue weighted by atomic mass is 10.1. The number of ether oxygens (including phenoxy) is 2. The molecule has 0 aliphatic rings. The van der Waals surface area contributed by atoms with Gasteiger partial charge in [0.05, 0.1) is 19.1 Å². The Kier molecular flexibility index (Phi) is 5.51. The molecule has 1 atom stereocenters. The molecular weight excluding hydrogens is 326 g/mol. The van der Waals surface area contributed by atoms with Crippen molar-refractivity contribution in [3.8, 4) is 11.5 Å². The second kappa shape index (κ2) is 7.23. The van der Waals surface area contributed by atoms with E-state index in [0.29, 0.717) is 16.4 Å². The Hall–Kier alpha value is -2.05. The van der Waals surface area contributed by atoms with Crippen molar-refractivity contribution >= 4 is 10.0 Å². The second-order valence-corrected chi connectivity index (χ2v) is 7.41. The highest BCUT2D eigenvalue weighted by molar-refractivity contribution is 7.89. The van der Waals surface area contributed by atoms with E-state index >= 15 is 0 Å². The van der Waals surface area contributed by atoms with Gasteiger partial charge in [0.25, 0.3) is 0 Å². The lowest BCUT2D eigenvalue weighted by Gasteiger charge is -2.17. The Labute approximate surface area is 143 Å². The zero-order valence-corrected chi connectivity index (χ0v) is 15.4. The first-order valence-corrected chi connectivity index (χ1v) is 9.08. The number of hydrogen-bond donors (Lipinski definition) is 1. The van der Waals surface area contributed by atoms with Crippen LogP contribution in [0.2, 0.25) is 0 Å². The Morgan fingerprint density at radius 1 is 0.958 bits per heavy atom. The summed E-state index contributed by atoms with van der Waals surface area (Å²) in [6.07, 6.45) is 0. The van der Waals surface area contributed by atoms with Gasteiger partial charge in [0.2, 0.25) is 10.0 Å². The molecule has 0 saturated carbocycles. The van der Waals surface area contributed by atoms with Crippen LogP contribution < -0.4 is 14.2 Å². The quantitative estimate of drug-likeness (QED) is 0.868. The molecule has 0 aliphatic carbocycles. The minimum atomic E-state index is -3.61. The predicted molar refractivity (Wildman–Crippen MR) is 94.2 cm³/mol. The molecule has 24 heavy (non-hydrogen) atoms. The van der Waals surface area contributed by atoms with Crippen LogP contribution in [0.15, 0.2) is 41.3 Å². The molecule has 0 aromatic heterocycles. The fourth-order valence-electron chi connectivity index (χ4n) is 2.59. The molecule has 5 nitrogen and oxygen atoms in total. The lowest BCUT2D eigenvalue weighted by Crippen LogP contribution is -2.27. The topological polar surface area (TPSA) is 64.6 Å². The normalized spacial score (nSPS) is 12.7. The third kappa shape index (κ3) is 3.88. The molecule has 2 aromatic carbocycles. The number of nitrogens with one attached hydrogen (secondary N) is 1. The van der Waals surface area contributed by atoms with Gasteiger partial charge in [0.15, 0.2) is 11.5 Å². The summed E-state index contributed by atoms with van der Waals surface area (Å²) in [5, 5.41) is 0. The number of benzene rings is 2. The minimum Gasteiger partial charge on any atom is -0.493 e. The molecule has 0 heterocycles. The average Bonchev–Trinajstić information content (AvgIpc) is 2.53. The van der Waals surface area contributed by atoms with E-state index in [1.807, 2.05) is 19.1 Å². The molecule has 0 saturated heterocycles. The summed E-state index contributed by atoms with van der Waals surface area (Å²) >= 11 is 0. The Bertz CT molecular complexity index is 831. The fraction of sp³-hybridized carbons (Fsp3) is 0.333. The summed E-state index contributed by atoms with van der Waals surface area (Å²) in [5.74, 6) is 1.17. The highest BCUT2D eigenvalue weighted by Crippen LogP contribution is 2.30. The monoisotopic (exact) mass is 349 g/mol. The van der Waals surface area contributed by atoms with Gasteiger partial charge in [-0.3, -0.25) is 0 Å². The van der Waals surface area contributed by atoms with E-state index in [0.717, 1.165) is 16.7 Å². The predicted octanol–water partition coefficient (Wildman–Crippen LogP) is 3.36. The van der Waals surface area contributed by atoms with Crippen LogP contribution in [0.5, 0.6) is 11.5 Å². The summed E-state index contributed by atoms with van der Waals surface area (Å²) in [5.41, 5.74) is 2.54. The summed E-state index contributed by atoms with van der Waals surface area (Å²) in [6.45, 7) is 5.52. The van der Waals surface area contributed by atoms with Gasteiger partial charge in [0, 0.05) is 6.04 Å². The van der Waals surface area contributed by atoms with Crippen molar-refractivity contribution in [3.05, 3.63) is 53.1 Å². The van der Waals surface area contributed by atoms with Crippen LogP contribution in [-0.2, 0) is 10.0 Å². The zero-order valence-electron chi connectivity index (χ0n) is 14.6. The molecule has 0 bridgehead atoms. The number of methoxy groups -OCH3 is 2. The molecule has 130 valence electrons. The average molecular weight is 349 g/mol. The Morgan fingerprint density at radius 2 is 1.62 bits per heavy atom. The van der Waals surface area contributed by atoms with Crippen LogP contribution in [-0.4, -0.2) is 22.6 Å². The van der Waals surface area contributed by atoms with Gasteiger partial charge < -0.3 is 9.47 Å². The lowest BCUT2D eigenvalue weighted by molar-refractivity contribution is 0.354. The first-order chi connectivity index (χ1) is 11.3. The molecule has 0 spiro atoms. The van der Waals surface area contributed by atoms with Crippen molar-refractivity contribution in [2.24, 2.45) is 0 Å². The van der Waals surface area contributed by atoms with Crippen LogP contribution in [0.4, 0.5) is 0 Å². The molecule has 1 unspecified atom stereocenters. The van der Waals surface area contributed by atoms with Crippen LogP contribution in [0.25, 0.3) is 0 Å². The largest absolute Gasteiger partial charge is 0.493 e. The third-order valence-electron chi connectivity index (χ3n) is 3.86. The molecule has 6 heteroatoms. The highest BCUT2D eigenvalue weighted by Gasteiger charge is 2.21. The maximum absolute atomic E-state index is 12.7. The van der Waals surface area contributed by atoms with Crippen molar-refractivity contribution in [2.45, 2.75) is 31.7 Å². The zero-order chi connectivity index (χ0) is 17.9. The van der Waals surface area contributed by atoms with Crippen LogP contribution >= 0.6 is 0 Å². The summed E-state index contributed by atoms with van der Waals surface area (Å²) in [4.78, 5) is 0.292. The van der Waals surface area contributed by atoms with Gasteiger partial charge in [-0.2, -0.15) is 0 Å². The molecule has 0 radical (unpaired) electrons. The number of rotatable bonds is 6. The number of aryl methyl sites for hydroxylation is 2. The van der Waals surface area contributed by atoms with Crippen molar-refractivity contribution in [3.63, 3.8) is 0 Å². The van der Waals surface area contributed by atoms with Crippen molar-refractivity contribution in [2.75, 3.05) is 14.2 Å². The maximum Gasteiger partial charge on any atom is 0.241 e. The van der Waals surface area contributed by atoms with Gasteiger partial charge in [0.1, 0.15) is 0 Å². The van der Waals surface area contributed by atoms with Gasteiger partial charge >= 0.3 is 0 Å². The van der Waals surface area contributed by atoms with Crippen LogP contribution in [0.1, 0.15) is 29.7 Å². The smallest absolute Gasteiger partial charge is 0.241 e. The van der Waals surface area contributed by atoms with Gasteiger partial charge in [-0.15, -0.1) is 0 Å². The van der Waals surface area contributed by atoms with E-state index in [1.54, 1.807) is 52.3 Å². The third-order valence-corrected chi connectivity index (χ3v) is 5.56. The molecule has 1 N–H and O–H groups in total. The van der Waals surface area contributed by atoms with E-state index in [2.05, 4.69) is 4.72 Å². The van der Waals surface area contributed by atoms with E-state index in [4.69, 9.17) is 9.47 Å². The molecule has 0 aliphatic heterocycles. The molecular formula is C18H23NO4S. The number of hydrogen-bond acceptors (Lipinski definition) is 4. The van der Waals surface area contributed by atoms with Gasteiger partial charge in [-0.1, -0.05) is 23.8 Å². The van der Waals surface area contributed by atoms with Crippen LogP contribution in [0, 0.1) is 13.8 Å². The van der Waals surface area contributed by atoms with Crippen LogP contribution in [0.3, 0.4) is 0 Å². The molecule has 0 amide bonds. The maximum atomic E-state index is 12.7. The van der Waals surface area contributed by atoms with Crippen molar-refractivity contribution in [1.29, 1.82) is 0 Å². The van der Waals surface area contributed by atoms with Crippen molar-refractivity contribution in [1.82, 2.24) is 4.72 Å². The number of sulfonamides is 1. The van der Waals surface area contributed by atoms with E-state index in [-0.39, 0.29) is 0 Å². The fourth-order valence-corrected chi connectivity index (χ4v) is 4.05. The first kappa shape index (κ1) is 18.3. The van der Waals surface area contributed by atoms with Crippen molar-refractivity contribution < 1.29 is 17.9 Å². The second-order valence-electron chi connectivity index (χ2n) is 5.73. The van der Waals surface area contributed by atoms with E-state index < -0.39 is 16.1 Å². The molecule has 2 aromatic rings. The van der Waals surface area contributed by atoms with Gasteiger partial charge in [-0.05, 0) is 50.1 Å². The Balaban J connectivity index is 2.29. The summed E-state index contributed by atoms with van der Waals surface area (Å²) in [7, 11) is -0.505. The highest BCUT2D eigenvalue weighted by atomic mass is 32.2. The van der Waals surface area contributed by atoms with E-state index in [1.165, 1.54) is 0 Å². The molecule has 0 fully saturated rings. The SMILES string of the molecule is COc1ccc(C(C)NS(=O)(=O)c2ccc(C)cc2C)cc1OC.